The Hall–Kier alpha value is -1.37. The van der Waals surface area contributed by atoms with Gasteiger partial charge in [-0.15, -0.1) is 0 Å². The fourth-order valence-corrected chi connectivity index (χ4v) is 2.49. The summed E-state index contributed by atoms with van der Waals surface area (Å²) in [4.78, 5) is 2.39. The van der Waals surface area contributed by atoms with Crippen LogP contribution in [0.1, 0.15) is 31.4 Å². The monoisotopic (exact) mass is 244 g/mol. The van der Waals surface area contributed by atoms with E-state index in [0.717, 1.165) is 26.1 Å². The minimum absolute atomic E-state index is 0.203. The van der Waals surface area contributed by atoms with Crippen LogP contribution in [0, 0.1) is 11.3 Å². The summed E-state index contributed by atoms with van der Waals surface area (Å²) in [5.41, 5.74) is 1.23. The molecule has 0 radical (unpaired) electrons. The Kier molecular flexibility index (Phi) is 4.74. The van der Waals surface area contributed by atoms with Crippen molar-refractivity contribution in [1.29, 1.82) is 5.26 Å². The fourth-order valence-electron chi connectivity index (χ4n) is 2.49. The summed E-state index contributed by atoms with van der Waals surface area (Å²) in [6.45, 7) is 4.76. The molecule has 1 aromatic carbocycles. The van der Waals surface area contributed by atoms with Crippen molar-refractivity contribution in [1.82, 2.24) is 4.90 Å². The van der Waals surface area contributed by atoms with Crippen LogP contribution in [0.4, 0.5) is 0 Å². The first kappa shape index (κ1) is 13.1. The molecular weight excluding hydrogens is 224 g/mol. The third-order valence-corrected chi connectivity index (χ3v) is 3.54. The Labute approximate surface area is 109 Å². The van der Waals surface area contributed by atoms with E-state index in [1.807, 2.05) is 18.2 Å². The number of morpholine rings is 1. The highest BCUT2D eigenvalue weighted by atomic mass is 16.5. The normalized spacial score (nSPS) is 22.3. The zero-order valence-electron chi connectivity index (χ0n) is 10.9. The maximum absolute atomic E-state index is 9.04. The van der Waals surface area contributed by atoms with E-state index in [-0.39, 0.29) is 6.04 Å². The molecule has 1 fully saturated rings. The van der Waals surface area contributed by atoms with Gasteiger partial charge in [0.05, 0.1) is 25.2 Å². The molecule has 0 aromatic heterocycles. The second kappa shape index (κ2) is 6.53. The lowest BCUT2D eigenvalue weighted by molar-refractivity contribution is -0.0444. The molecule has 0 spiro atoms. The Bertz CT molecular complexity index is 399. The van der Waals surface area contributed by atoms with Crippen molar-refractivity contribution in [3.8, 4) is 6.07 Å². The molecule has 0 saturated carbocycles. The number of nitrogens with zero attached hydrogens (tertiary/aromatic N) is 2. The summed E-state index contributed by atoms with van der Waals surface area (Å²) < 4.78 is 5.70. The lowest BCUT2D eigenvalue weighted by Gasteiger charge is -2.37. The molecule has 1 aromatic rings. The lowest BCUT2D eigenvalue weighted by Crippen LogP contribution is -2.44. The number of benzene rings is 1. The molecular formula is C15H20N2O. The second-order valence-corrected chi connectivity index (χ2v) is 4.68. The number of rotatable bonds is 4. The van der Waals surface area contributed by atoms with Crippen LogP contribution in [0.3, 0.4) is 0 Å². The highest BCUT2D eigenvalue weighted by Gasteiger charge is 2.26. The zero-order valence-corrected chi connectivity index (χ0v) is 10.9. The van der Waals surface area contributed by atoms with Gasteiger partial charge in [-0.25, -0.2) is 0 Å². The van der Waals surface area contributed by atoms with Crippen molar-refractivity contribution < 1.29 is 4.74 Å². The molecule has 1 saturated heterocycles. The van der Waals surface area contributed by atoms with Gasteiger partial charge in [-0.1, -0.05) is 37.3 Å². The molecule has 3 nitrogen and oxygen atoms in total. The molecule has 3 heteroatoms. The van der Waals surface area contributed by atoms with Crippen LogP contribution in [0.25, 0.3) is 0 Å². The van der Waals surface area contributed by atoms with Crippen molar-refractivity contribution in [2.75, 3.05) is 19.7 Å². The van der Waals surface area contributed by atoms with Crippen molar-refractivity contribution in [3.63, 3.8) is 0 Å². The first-order chi connectivity index (χ1) is 8.85. The second-order valence-electron chi connectivity index (χ2n) is 4.68. The molecule has 0 N–H and O–H groups in total. The van der Waals surface area contributed by atoms with Gasteiger partial charge in [-0.2, -0.15) is 5.26 Å². The number of hydrogen-bond donors (Lipinski definition) is 0. The summed E-state index contributed by atoms with van der Waals surface area (Å²) >= 11 is 0. The molecule has 0 aliphatic carbocycles. The summed E-state index contributed by atoms with van der Waals surface area (Å²) in [7, 11) is 0. The van der Waals surface area contributed by atoms with Crippen molar-refractivity contribution in [2.24, 2.45) is 0 Å². The predicted molar refractivity (Wildman–Crippen MR) is 71.0 cm³/mol. The molecule has 0 bridgehead atoms. The third kappa shape index (κ3) is 3.10. The van der Waals surface area contributed by atoms with Gasteiger partial charge >= 0.3 is 0 Å². The molecule has 2 unspecified atom stereocenters. The van der Waals surface area contributed by atoms with Gasteiger partial charge in [0.1, 0.15) is 0 Å². The lowest BCUT2D eigenvalue weighted by atomic mass is 10.0. The summed E-state index contributed by atoms with van der Waals surface area (Å²) in [5, 5.41) is 9.04. The minimum atomic E-state index is 0.203. The standard InChI is InChI=1S/C15H20N2O/c1-2-14-12-17(10-11-18-14)15(8-9-16)13-6-4-3-5-7-13/h3-7,14-15H,2,8,10-12H2,1H3. The van der Waals surface area contributed by atoms with E-state index >= 15 is 0 Å². The molecule has 2 rings (SSSR count). The largest absolute Gasteiger partial charge is 0.376 e. The molecule has 0 amide bonds. The predicted octanol–water partition coefficient (Wildman–Crippen LogP) is 2.75. The number of nitriles is 1. The summed E-state index contributed by atoms with van der Waals surface area (Å²) in [6.07, 6.45) is 1.88. The van der Waals surface area contributed by atoms with Crippen molar-refractivity contribution in [3.05, 3.63) is 35.9 Å². The maximum atomic E-state index is 9.04. The zero-order chi connectivity index (χ0) is 12.8. The average molecular weight is 244 g/mol. The van der Waals surface area contributed by atoms with Gasteiger partial charge in [0.25, 0.3) is 0 Å². The van der Waals surface area contributed by atoms with E-state index in [0.29, 0.717) is 12.5 Å². The van der Waals surface area contributed by atoms with Crippen LogP contribution >= 0.6 is 0 Å². The van der Waals surface area contributed by atoms with E-state index in [4.69, 9.17) is 10.00 Å². The highest BCUT2D eigenvalue weighted by Crippen LogP contribution is 2.26. The van der Waals surface area contributed by atoms with Gasteiger partial charge in [0.15, 0.2) is 0 Å². The molecule has 18 heavy (non-hydrogen) atoms. The topological polar surface area (TPSA) is 36.3 Å². The quantitative estimate of drug-likeness (QED) is 0.817. The Balaban J connectivity index is 2.13. The van der Waals surface area contributed by atoms with Crippen LogP contribution in [0.15, 0.2) is 30.3 Å². The smallest absolute Gasteiger partial charge is 0.0700 e. The van der Waals surface area contributed by atoms with Crippen LogP contribution in [0.2, 0.25) is 0 Å². The van der Waals surface area contributed by atoms with Gasteiger partial charge in [-0.3, -0.25) is 4.90 Å². The van der Waals surface area contributed by atoms with Crippen LogP contribution in [-0.2, 0) is 4.74 Å². The first-order valence-electron chi connectivity index (χ1n) is 6.62. The number of ether oxygens (including phenoxy) is 1. The van der Waals surface area contributed by atoms with E-state index in [1.54, 1.807) is 0 Å². The fraction of sp³-hybridized carbons (Fsp3) is 0.533. The van der Waals surface area contributed by atoms with Crippen LogP contribution in [0.5, 0.6) is 0 Å². The van der Waals surface area contributed by atoms with E-state index in [1.165, 1.54) is 5.56 Å². The Morgan fingerprint density at radius 3 is 2.89 bits per heavy atom. The molecule has 96 valence electrons. The van der Waals surface area contributed by atoms with Gasteiger partial charge < -0.3 is 4.74 Å². The van der Waals surface area contributed by atoms with E-state index in [9.17, 15) is 0 Å². The Morgan fingerprint density at radius 2 is 2.22 bits per heavy atom. The molecule has 1 aliphatic heterocycles. The van der Waals surface area contributed by atoms with Crippen LogP contribution < -0.4 is 0 Å². The highest BCUT2D eigenvalue weighted by molar-refractivity contribution is 5.20. The van der Waals surface area contributed by atoms with Crippen molar-refractivity contribution in [2.45, 2.75) is 31.9 Å². The Morgan fingerprint density at radius 1 is 1.44 bits per heavy atom. The summed E-state index contributed by atoms with van der Waals surface area (Å²) in [6, 6.07) is 12.8. The van der Waals surface area contributed by atoms with Crippen LogP contribution in [-0.4, -0.2) is 30.7 Å². The summed E-state index contributed by atoms with van der Waals surface area (Å²) in [5.74, 6) is 0. The number of hydrogen-bond acceptors (Lipinski definition) is 3. The SMILES string of the molecule is CCC1CN(C(CC#N)c2ccccc2)CCO1. The average Bonchev–Trinajstić information content (AvgIpc) is 2.46. The molecule has 1 heterocycles. The first-order valence-corrected chi connectivity index (χ1v) is 6.62. The van der Waals surface area contributed by atoms with Gasteiger partial charge in [0.2, 0.25) is 0 Å². The third-order valence-electron chi connectivity index (χ3n) is 3.54. The van der Waals surface area contributed by atoms with E-state index in [2.05, 4.69) is 30.0 Å². The van der Waals surface area contributed by atoms with Gasteiger partial charge in [0, 0.05) is 19.1 Å². The molecule has 2 atom stereocenters. The van der Waals surface area contributed by atoms with Gasteiger partial charge in [-0.05, 0) is 12.0 Å². The van der Waals surface area contributed by atoms with Crippen molar-refractivity contribution >= 4 is 0 Å². The minimum Gasteiger partial charge on any atom is -0.376 e. The maximum Gasteiger partial charge on any atom is 0.0700 e. The molecule has 1 aliphatic rings. The van der Waals surface area contributed by atoms with E-state index < -0.39 is 0 Å².